The summed E-state index contributed by atoms with van der Waals surface area (Å²) < 4.78 is 0. The van der Waals surface area contributed by atoms with Crippen LogP contribution in [0.3, 0.4) is 0 Å². The van der Waals surface area contributed by atoms with Gasteiger partial charge in [0, 0.05) is 12.1 Å². The van der Waals surface area contributed by atoms with E-state index in [1.165, 1.54) is 23.3 Å². The minimum atomic E-state index is -0.405. The molecule has 5 heteroatoms. The quantitative estimate of drug-likeness (QED) is 0.488. The van der Waals surface area contributed by atoms with E-state index in [1.807, 2.05) is 17.1 Å². The van der Waals surface area contributed by atoms with Crippen molar-refractivity contribution < 1.29 is 4.92 Å². The molecular formula is C15H13N3O2. The van der Waals surface area contributed by atoms with E-state index >= 15 is 0 Å². The van der Waals surface area contributed by atoms with Crippen LogP contribution in [0.1, 0.15) is 16.7 Å². The summed E-state index contributed by atoms with van der Waals surface area (Å²) in [4.78, 5) is 10.2. The third-order valence-corrected chi connectivity index (χ3v) is 3.30. The van der Waals surface area contributed by atoms with Gasteiger partial charge in [-0.1, -0.05) is 24.3 Å². The lowest BCUT2D eigenvalue weighted by atomic mass is 10.1. The van der Waals surface area contributed by atoms with Gasteiger partial charge in [-0.3, -0.25) is 15.1 Å². The highest BCUT2D eigenvalue weighted by atomic mass is 16.6. The van der Waals surface area contributed by atoms with Crippen LogP contribution in [0.5, 0.6) is 0 Å². The summed E-state index contributed by atoms with van der Waals surface area (Å²) in [7, 11) is 0. The first-order valence-electron chi connectivity index (χ1n) is 6.32. The van der Waals surface area contributed by atoms with Crippen molar-refractivity contribution >= 4 is 11.9 Å². The van der Waals surface area contributed by atoms with Gasteiger partial charge >= 0.3 is 0 Å². The third kappa shape index (κ3) is 2.51. The average molecular weight is 267 g/mol. The second-order valence-corrected chi connectivity index (χ2v) is 4.68. The molecule has 100 valence electrons. The summed E-state index contributed by atoms with van der Waals surface area (Å²) in [6.07, 6.45) is 1.73. The molecule has 0 unspecified atom stereocenters. The molecule has 0 spiro atoms. The summed E-state index contributed by atoms with van der Waals surface area (Å²) in [5.74, 6) is 0. The zero-order valence-electron chi connectivity index (χ0n) is 10.8. The first-order chi connectivity index (χ1) is 9.72. The molecule has 0 amide bonds. The van der Waals surface area contributed by atoms with Crippen molar-refractivity contribution in [1.82, 2.24) is 5.01 Å². The van der Waals surface area contributed by atoms with Crippen molar-refractivity contribution in [3.63, 3.8) is 0 Å². The molecular weight excluding hydrogens is 254 g/mol. The van der Waals surface area contributed by atoms with Crippen LogP contribution < -0.4 is 0 Å². The van der Waals surface area contributed by atoms with Gasteiger partial charge in [0.1, 0.15) is 0 Å². The van der Waals surface area contributed by atoms with E-state index < -0.39 is 4.92 Å². The molecule has 2 aromatic carbocycles. The predicted octanol–water partition coefficient (Wildman–Crippen LogP) is 2.94. The van der Waals surface area contributed by atoms with Crippen LogP contribution in [0.4, 0.5) is 5.69 Å². The molecule has 0 aliphatic carbocycles. The summed E-state index contributed by atoms with van der Waals surface area (Å²) in [5.41, 5.74) is 3.55. The number of nitro benzene ring substituents is 1. The molecule has 0 saturated heterocycles. The highest BCUT2D eigenvalue weighted by molar-refractivity contribution is 5.79. The molecule has 1 aliphatic heterocycles. The highest BCUT2D eigenvalue weighted by Gasteiger charge is 2.15. The molecule has 0 atom stereocenters. The molecule has 0 aromatic heterocycles. The number of fused-ring (bicyclic) bond motifs is 1. The van der Waals surface area contributed by atoms with Gasteiger partial charge in [0.25, 0.3) is 5.69 Å². The van der Waals surface area contributed by atoms with Gasteiger partial charge in [0.2, 0.25) is 0 Å². The Labute approximate surface area is 116 Å². The maximum atomic E-state index is 10.6. The first kappa shape index (κ1) is 12.3. The molecule has 1 aliphatic rings. The van der Waals surface area contributed by atoms with Gasteiger partial charge < -0.3 is 0 Å². The number of rotatable bonds is 3. The Balaban J connectivity index is 1.68. The maximum Gasteiger partial charge on any atom is 0.269 e. The van der Waals surface area contributed by atoms with Crippen LogP contribution >= 0.6 is 0 Å². The van der Waals surface area contributed by atoms with Crippen LogP contribution in [0.2, 0.25) is 0 Å². The average Bonchev–Trinajstić information content (AvgIpc) is 2.88. The van der Waals surface area contributed by atoms with Crippen molar-refractivity contribution in [3.8, 4) is 0 Å². The van der Waals surface area contributed by atoms with Gasteiger partial charge in [0.05, 0.1) is 24.2 Å². The van der Waals surface area contributed by atoms with E-state index in [0.29, 0.717) is 0 Å². The topological polar surface area (TPSA) is 58.7 Å². The minimum absolute atomic E-state index is 0.0933. The van der Waals surface area contributed by atoms with E-state index in [1.54, 1.807) is 18.3 Å². The van der Waals surface area contributed by atoms with Gasteiger partial charge in [-0.15, -0.1) is 0 Å². The highest BCUT2D eigenvalue weighted by Crippen LogP contribution is 2.22. The standard InChI is InChI=1S/C15H13N3O2/c19-18(20)15-7-5-12(6-8-15)9-16-17-10-13-3-1-2-4-14(13)11-17/h1-9H,10-11H2/b16-9+. The van der Waals surface area contributed by atoms with Gasteiger partial charge in [-0.25, -0.2) is 0 Å². The minimum Gasteiger partial charge on any atom is -0.288 e. The lowest BCUT2D eigenvalue weighted by molar-refractivity contribution is -0.384. The summed E-state index contributed by atoms with van der Waals surface area (Å²) in [6.45, 7) is 1.61. The second-order valence-electron chi connectivity index (χ2n) is 4.68. The molecule has 3 rings (SSSR count). The van der Waals surface area contributed by atoms with Crippen molar-refractivity contribution in [2.75, 3.05) is 0 Å². The number of nitro groups is 1. The summed E-state index contributed by atoms with van der Waals surface area (Å²) in [5, 5.41) is 17.0. The number of non-ortho nitro benzene ring substituents is 1. The lowest BCUT2D eigenvalue weighted by Gasteiger charge is -2.09. The smallest absolute Gasteiger partial charge is 0.269 e. The molecule has 0 bridgehead atoms. The first-order valence-corrected chi connectivity index (χ1v) is 6.32. The number of hydrazone groups is 1. The van der Waals surface area contributed by atoms with Crippen molar-refractivity contribution in [1.29, 1.82) is 0 Å². The molecule has 0 saturated carbocycles. The summed E-state index contributed by atoms with van der Waals surface area (Å²) in [6, 6.07) is 14.6. The molecule has 0 N–H and O–H groups in total. The summed E-state index contributed by atoms with van der Waals surface area (Å²) >= 11 is 0. The fraction of sp³-hybridized carbons (Fsp3) is 0.133. The van der Waals surface area contributed by atoms with Gasteiger partial charge in [-0.2, -0.15) is 5.10 Å². The Bertz CT molecular complexity index is 640. The lowest BCUT2D eigenvalue weighted by Crippen LogP contribution is -2.08. The van der Waals surface area contributed by atoms with Crippen molar-refractivity contribution in [2.45, 2.75) is 13.1 Å². The number of hydrogen-bond donors (Lipinski definition) is 0. The number of hydrogen-bond acceptors (Lipinski definition) is 4. The van der Waals surface area contributed by atoms with E-state index in [0.717, 1.165) is 18.7 Å². The zero-order valence-corrected chi connectivity index (χ0v) is 10.8. The monoisotopic (exact) mass is 267 g/mol. The van der Waals surface area contributed by atoms with Crippen LogP contribution in [0, 0.1) is 10.1 Å². The van der Waals surface area contributed by atoms with Gasteiger partial charge in [-0.05, 0) is 28.8 Å². The fourth-order valence-corrected chi connectivity index (χ4v) is 2.23. The van der Waals surface area contributed by atoms with Crippen molar-refractivity contribution in [3.05, 3.63) is 75.3 Å². The SMILES string of the molecule is O=[N+]([O-])c1ccc(/C=N/N2Cc3ccccc3C2)cc1. The molecule has 0 radical (unpaired) electrons. The van der Waals surface area contributed by atoms with E-state index in [9.17, 15) is 10.1 Å². The second kappa shape index (κ2) is 5.13. The Hall–Kier alpha value is -2.69. The normalized spacial score (nSPS) is 13.7. The molecule has 0 fully saturated rings. The maximum absolute atomic E-state index is 10.6. The Morgan fingerprint density at radius 2 is 1.65 bits per heavy atom. The number of nitrogens with zero attached hydrogens (tertiary/aromatic N) is 3. The van der Waals surface area contributed by atoms with Crippen molar-refractivity contribution in [2.24, 2.45) is 5.10 Å². The molecule has 2 aromatic rings. The van der Waals surface area contributed by atoms with E-state index in [4.69, 9.17) is 0 Å². The zero-order chi connectivity index (χ0) is 13.9. The van der Waals surface area contributed by atoms with Crippen LogP contribution in [-0.4, -0.2) is 16.1 Å². The predicted molar refractivity (Wildman–Crippen MR) is 76.4 cm³/mol. The number of benzene rings is 2. The molecule has 1 heterocycles. The molecule has 20 heavy (non-hydrogen) atoms. The van der Waals surface area contributed by atoms with Gasteiger partial charge in [0.15, 0.2) is 0 Å². The van der Waals surface area contributed by atoms with Crippen LogP contribution in [0.25, 0.3) is 0 Å². The fourth-order valence-electron chi connectivity index (χ4n) is 2.23. The molecule has 5 nitrogen and oxygen atoms in total. The largest absolute Gasteiger partial charge is 0.288 e. The van der Waals surface area contributed by atoms with Crippen LogP contribution in [-0.2, 0) is 13.1 Å². The third-order valence-electron chi connectivity index (χ3n) is 3.30. The van der Waals surface area contributed by atoms with Crippen LogP contribution in [0.15, 0.2) is 53.6 Å². The van der Waals surface area contributed by atoms with E-state index in [-0.39, 0.29) is 5.69 Å². The Morgan fingerprint density at radius 3 is 2.20 bits per heavy atom. The Kier molecular flexibility index (Phi) is 3.16. The van der Waals surface area contributed by atoms with E-state index in [2.05, 4.69) is 17.2 Å². The Morgan fingerprint density at radius 1 is 1.05 bits per heavy atom.